The molecule has 0 heterocycles. The lowest BCUT2D eigenvalue weighted by Crippen LogP contribution is -2.30. The molecule has 0 aromatic carbocycles. The third kappa shape index (κ3) is 8.62. The van der Waals surface area contributed by atoms with Crippen LogP contribution in [0.1, 0.15) is 41.0 Å². The predicted molar refractivity (Wildman–Crippen MR) is 89.9 cm³/mol. The van der Waals surface area contributed by atoms with Crippen molar-refractivity contribution in [3.63, 3.8) is 0 Å². The summed E-state index contributed by atoms with van der Waals surface area (Å²) in [4.78, 5) is 2.27. The van der Waals surface area contributed by atoms with Crippen LogP contribution < -0.4 is 5.32 Å². The van der Waals surface area contributed by atoms with Crippen molar-refractivity contribution in [2.45, 2.75) is 41.0 Å². The van der Waals surface area contributed by atoms with E-state index in [2.05, 4.69) is 38.0 Å². The Balaban J connectivity index is 4.33. The van der Waals surface area contributed by atoms with Crippen molar-refractivity contribution in [3.8, 4) is 0 Å². The first kappa shape index (κ1) is 20.6. The molecular weight excluding hydrogens is 287 g/mol. The molecule has 0 aliphatic carbocycles. The average molecular weight is 320 g/mol. The van der Waals surface area contributed by atoms with Gasteiger partial charge in [0.15, 0.2) is 0 Å². The van der Waals surface area contributed by atoms with Crippen molar-refractivity contribution in [2.24, 2.45) is 0 Å². The van der Waals surface area contributed by atoms with Crippen LogP contribution in [0, 0.1) is 0 Å². The van der Waals surface area contributed by atoms with Gasteiger partial charge in [-0.15, -0.1) is 0 Å². The Morgan fingerprint density at radius 2 is 1.71 bits per heavy atom. The normalized spacial score (nSPS) is 11.5. The van der Waals surface area contributed by atoms with Gasteiger partial charge in [0.1, 0.15) is 0 Å². The predicted octanol–water partition coefficient (Wildman–Crippen LogP) is 3.48. The monoisotopic (exact) mass is 320 g/mol. The summed E-state index contributed by atoms with van der Waals surface area (Å²) in [5.41, 5.74) is 2.59. The molecule has 0 amide bonds. The van der Waals surface area contributed by atoms with Crippen molar-refractivity contribution in [1.82, 2.24) is 10.2 Å². The van der Waals surface area contributed by atoms with E-state index in [0.29, 0.717) is 25.9 Å². The van der Waals surface area contributed by atoms with Crippen LogP contribution in [0.3, 0.4) is 0 Å². The second-order valence-electron chi connectivity index (χ2n) is 5.22. The van der Waals surface area contributed by atoms with E-state index in [4.69, 9.17) is 9.05 Å². The van der Waals surface area contributed by atoms with Crippen LogP contribution in [0.5, 0.6) is 0 Å². The number of nitrogens with one attached hydrogen (secondary N) is 1. The number of nitrogens with zero attached hydrogens (tertiary/aromatic N) is 1. The van der Waals surface area contributed by atoms with Gasteiger partial charge in [-0.05, 0) is 34.1 Å². The Morgan fingerprint density at radius 1 is 1.14 bits per heavy atom. The van der Waals surface area contributed by atoms with Crippen LogP contribution in [0.4, 0.5) is 0 Å². The van der Waals surface area contributed by atoms with Crippen LogP contribution in [-0.2, 0) is 13.6 Å². The number of rotatable bonds is 12. The average Bonchev–Trinajstić information content (AvgIpc) is 2.38. The Hall–Kier alpha value is -0.350. The number of allylic oxidation sites excluding steroid dienone is 1. The topological polar surface area (TPSA) is 50.8 Å². The first-order chi connectivity index (χ1) is 9.90. The van der Waals surface area contributed by atoms with Crippen molar-refractivity contribution >= 4 is 7.60 Å². The van der Waals surface area contributed by atoms with Crippen LogP contribution in [0.25, 0.3) is 0 Å². The summed E-state index contributed by atoms with van der Waals surface area (Å²) in [5, 5.41) is 3.35. The molecule has 0 aromatic rings. The molecule has 0 atom stereocenters. The van der Waals surface area contributed by atoms with E-state index >= 15 is 0 Å². The van der Waals surface area contributed by atoms with Crippen LogP contribution >= 0.6 is 7.60 Å². The summed E-state index contributed by atoms with van der Waals surface area (Å²) in [6, 6.07) is 0. The quantitative estimate of drug-likeness (QED) is 0.441. The van der Waals surface area contributed by atoms with Crippen molar-refractivity contribution < 1.29 is 13.6 Å². The van der Waals surface area contributed by atoms with Gasteiger partial charge in [0.25, 0.3) is 0 Å². The van der Waals surface area contributed by atoms with E-state index in [1.807, 2.05) is 13.8 Å². The van der Waals surface area contributed by atoms with Crippen LogP contribution in [0.2, 0.25) is 0 Å². The van der Waals surface area contributed by atoms with Crippen molar-refractivity contribution in [2.75, 3.05) is 46.1 Å². The lowest BCUT2D eigenvalue weighted by molar-refractivity contribution is 0.220. The Morgan fingerprint density at radius 3 is 2.14 bits per heavy atom. The van der Waals surface area contributed by atoms with Crippen LogP contribution in [-0.4, -0.2) is 51.0 Å². The highest BCUT2D eigenvalue weighted by Gasteiger charge is 2.22. The van der Waals surface area contributed by atoms with Crippen molar-refractivity contribution in [1.29, 1.82) is 0 Å². The Labute approximate surface area is 130 Å². The minimum absolute atomic E-state index is 0.405. The van der Waals surface area contributed by atoms with Gasteiger partial charge < -0.3 is 19.3 Å². The summed E-state index contributed by atoms with van der Waals surface area (Å²) < 4.78 is 22.9. The van der Waals surface area contributed by atoms with E-state index in [1.54, 1.807) is 0 Å². The van der Waals surface area contributed by atoms with E-state index in [1.165, 1.54) is 11.3 Å². The molecule has 0 spiro atoms. The Bertz CT molecular complexity index is 345. The molecule has 126 valence electrons. The molecule has 0 radical (unpaired) electrons. The van der Waals surface area contributed by atoms with Gasteiger partial charge in [-0.1, -0.05) is 12.5 Å². The standard InChI is InChI=1S/C15H33N2O3P/c1-7-11-17(6)15(14(4)5)13-16-10-12-21(18,19-8-2)20-9-3/h16H,7-13H2,1-6H3. The summed E-state index contributed by atoms with van der Waals surface area (Å²) in [6.45, 7) is 13.3. The summed E-state index contributed by atoms with van der Waals surface area (Å²) >= 11 is 0. The minimum Gasteiger partial charge on any atom is -0.377 e. The zero-order valence-corrected chi connectivity index (χ0v) is 15.5. The van der Waals surface area contributed by atoms with Crippen LogP contribution in [0.15, 0.2) is 11.3 Å². The minimum atomic E-state index is -2.93. The van der Waals surface area contributed by atoms with E-state index < -0.39 is 7.60 Å². The molecule has 0 unspecified atom stereocenters. The highest BCUT2D eigenvalue weighted by molar-refractivity contribution is 7.53. The molecule has 0 aromatic heterocycles. The van der Waals surface area contributed by atoms with Gasteiger partial charge in [0.05, 0.1) is 19.4 Å². The molecule has 21 heavy (non-hydrogen) atoms. The second kappa shape index (κ2) is 11.2. The fraction of sp³-hybridized carbons (Fsp3) is 0.867. The molecule has 0 aliphatic heterocycles. The molecule has 0 saturated heterocycles. The summed E-state index contributed by atoms with van der Waals surface area (Å²) in [7, 11) is -0.822. The molecule has 5 nitrogen and oxygen atoms in total. The number of hydrogen-bond acceptors (Lipinski definition) is 5. The fourth-order valence-electron chi connectivity index (χ4n) is 2.15. The SMILES string of the molecule is CCCN(C)C(CNCCP(=O)(OCC)OCC)=C(C)C. The van der Waals surface area contributed by atoms with Gasteiger partial charge in [0.2, 0.25) is 0 Å². The molecule has 0 aliphatic rings. The highest BCUT2D eigenvalue weighted by atomic mass is 31.2. The smallest absolute Gasteiger partial charge is 0.331 e. The lowest BCUT2D eigenvalue weighted by atomic mass is 10.2. The molecule has 0 bridgehead atoms. The fourth-order valence-corrected chi connectivity index (χ4v) is 3.70. The second-order valence-corrected chi connectivity index (χ2v) is 7.40. The lowest BCUT2D eigenvalue weighted by Gasteiger charge is -2.24. The number of likely N-dealkylation sites (N-methyl/N-ethyl adjacent to an activating group) is 1. The maximum atomic E-state index is 12.3. The number of hydrogen-bond donors (Lipinski definition) is 1. The van der Waals surface area contributed by atoms with Gasteiger partial charge in [0, 0.05) is 32.4 Å². The van der Waals surface area contributed by atoms with Gasteiger partial charge in [-0.3, -0.25) is 4.57 Å². The maximum Gasteiger partial charge on any atom is 0.331 e. The van der Waals surface area contributed by atoms with Crippen molar-refractivity contribution in [3.05, 3.63) is 11.3 Å². The molecule has 0 rings (SSSR count). The largest absolute Gasteiger partial charge is 0.377 e. The van der Waals surface area contributed by atoms with E-state index in [9.17, 15) is 4.57 Å². The molecule has 6 heteroatoms. The summed E-state index contributed by atoms with van der Waals surface area (Å²) in [6.07, 6.45) is 1.53. The third-order valence-electron chi connectivity index (χ3n) is 3.10. The summed E-state index contributed by atoms with van der Waals surface area (Å²) in [5.74, 6) is 0. The van der Waals surface area contributed by atoms with E-state index in [0.717, 1.165) is 19.5 Å². The first-order valence-corrected chi connectivity index (χ1v) is 9.59. The molecule has 0 saturated carbocycles. The highest BCUT2D eigenvalue weighted by Crippen LogP contribution is 2.47. The van der Waals surface area contributed by atoms with Gasteiger partial charge in [-0.2, -0.15) is 0 Å². The van der Waals surface area contributed by atoms with Gasteiger partial charge >= 0.3 is 7.60 Å². The molecular formula is C15H33N2O3P. The molecule has 0 fully saturated rings. The zero-order valence-electron chi connectivity index (χ0n) is 14.6. The first-order valence-electron chi connectivity index (χ1n) is 7.86. The zero-order chi connectivity index (χ0) is 16.3. The maximum absolute atomic E-state index is 12.3. The Kier molecular flexibility index (Phi) is 11.1. The molecule has 1 N–H and O–H groups in total. The third-order valence-corrected chi connectivity index (χ3v) is 5.18. The van der Waals surface area contributed by atoms with E-state index in [-0.39, 0.29) is 0 Å². The van der Waals surface area contributed by atoms with Gasteiger partial charge in [-0.25, -0.2) is 0 Å².